The van der Waals surface area contributed by atoms with Gasteiger partial charge < -0.3 is 9.47 Å². The highest BCUT2D eigenvalue weighted by atomic mass is 16.6. The first kappa shape index (κ1) is 14.9. The largest absolute Gasteiger partial charge is 0.486 e. The number of hydrogen-bond donors (Lipinski definition) is 0. The Kier molecular flexibility index (Phi) is 4.34. The van der Waals surface area contributed by atoms with Gasteiger partial charge in [-0.3, -0.25) is 9.58 Å². The molecule has 1 aromatic carbocycles. The van der Waals surface area contributed by atoms with Crippen LogP contribution >= 0.6 is 0 Å². The monoisotopic (exact) mass is 301 g/mol. The maximum absolute atomic E-state index is 5.67. The number of aromatic nitrogens is 2. The molecule has 0 amide bonds. The SMILES string of the molecule is CCn1ccc(CN(C)C(C)c2ccc3c(c2)OCCO3)n1. The molecule has 0 fully saturated rings. The molecule has 118 valence electrons. The molecule has 3 rings (SSSR count). The number of rotatable bonds is 5. The van der Waals surface area contributed by atoms with Gasteiger partial charge in [0.1, 0.15) is 13.2 Å². The fourth-order valence-corrected chi connectivity index (χ4v) is 2.63. The standard InChI is InChI=1S/C17H23N3O2/c1-4-20-8-7-15(18-20)12-19(3)13(2)14-5-6-16-17(11-14)22-10-9-21-16/h5-8,11,13H,4,9-10,12H2,1-3H3. The van der Waals surface area contributed by atoms with E-state index in [9.17, 15) is 0 Å². The van der Waals surface area contributed by atoms with E-state index in [0.717, 1.165) is 30.3 Å². The Morgan fingerprint density at radius 1 is 1.23 bits per heavy atom. The van der Waals surface area contributed by atoms with E-state index in [1.54, 1.807) is 0 Å². The van der Waals surface area contributed by atoms with Gasteiger partial charge >= 0.3 is 0 Å². The average Bonchev–Trinajstić information content (AvgIpc) is 3.01. The third-order valence-corrected chi connectivity index (χ3v) is 4.14. The Morgan fingerprint density at radius 2 is 2.00 bits per heavy atom. The zero-order valence-corrected chi connectivity index (χ0v) is 13.5. The zero-order valence-electron chi connectivity index (χ0n) is 13.5. The molecule has 0 spiro atoms. The molecule has 0 N–H and O–H groups in total. The number of benzene rings is 1. The van der Waals surface area contributed by atoms with Gasteiger partial charge in [0.25, 0.3) is 0 Å². The fourth-order valence-electron chi connectivity index (χ4n) is 2.63. The molecule has 22 heavy (non-hydrogen) atoms. The van der Waals surface area contributed by atoms with Gasteiger partial charge in [0.2, 0.25) is 0 Å². The smallest absolute Gasteiger partial charge is 0.161 e. The second-order valence-electron chi connectivity index (χ2n) is 5.66. The van der Waals surface area contributed by atoms with Crippen molar-refractivity contribution in [1.82, 2.24) is 14.7 Å². The minimum atomic E-state index is 0.280. The van der Waals surface area contributed by atoms with Crippen LogP contribution in [0.25, 0.3) is 0 Å². The van der Waals surface area contributed by atoms with Crippen molar-refractivity contribution in [2.24, 2.45) is 0 Å². The topological polar surface area (TPSA) is 39.5 Å². The summed E-state index contributed by atoms with van der Waals surface area (Å²) in [5.41, 5.74) is 2.32. The zero-order chi connectivity index (χ0) is 15.5. The highest BCUT2D eigenvalue weighted by Gasteiger charge is 2.17. The van der Waals surface area contributed by atoms with Crippen LogP contribution in [-0.2, 0) is 13.1 Å². The van der Waals surface area contributed by atoms with Crippen LogP contribution in [0.4, 0.5) is 0 Å². The van der Waals surface area contributed by atoms with E-state index in [1.165, 1.54) is 5.56 Å². The summed E-state index contributed by atoms with van der Waals surface area (Å²) in [4.78, 5) is 2.29. The van der Waals surface area contributed by atoms with Crippen molar-refractivity contribution in [3.8, 4) is 11.5 Å². The van der Waals surface area contributed by atoms with E-state index < -0.39 is 0 Å². The van der Waals surface area contributed by atoms with Crippen molar-refractivity contribution < 1.29 is 9.47 Å². The molecule has 1 unspecified atom stereocenters. The van der Waals surface area contributed by atoms with Crippen molar-refractivity contribution in [3.63, 3.8) is 0 Å². The average molecular weight is 301 g/mol. The van der Waals surface area contributed by atoms with Crippen LogP contribution < -0.4 is 9.47 Å². The summed E-state index contributed by atoms with van der Waals surface area (Å²) < 4.78 is 13.2. The number of hydrogen-bond acceptors (Lipinski definition) is 4. The third-order valence-electron chi connectivity index (χ3n) is 4.14. The third kappa shape index (κ3) is 3.09. The van der Waals surface area contributed by atoms with Crippen LogP contribution in [0.2, 0.25) is 0 Å². The van der Waals surface area contributed by atoms with Gasteiger partial charge in [-0.2, -0.15) is 5.10 Å². The Morgan fingerprint density at radius 3 is 2.73 bits per heavy atom. The highest BCUT2D eigenvalue weighted by molar-refractivity contribution is 5.44. The minimum absolute atomic E-state index is 0.280. The van der Waals surface area contributed by atoms with E-state index in [-0.39, 0.29) is 6.04 Å². The molecule has 2 aromatic rings. The lowest BCUT2D eigenvalue weighted by atomic mass is 10.1. The van der Waals surface area contributed by atoms with Crippen molar-refractivity contribution in [2.45, 2.75) is 33.0 Å². The maximum atomic E-state index is 5.67. The van der Waals surface area contributed by atoms with Gasteiger partial charge in [0.05, 0.1) is 5.69 Å². The van der Waals surface area contributed by atoms with Crippen LogP contribution in [0.15, 0.2) is 30.5 Å². The molecule has 1 aromatic heterocycles. The van der Waals surface area contributed by atoms with Crippen molar-refractivity contribution in [3.05, 3.63) is 41.7 Å². The van der Waals surface area contributed by atoms with Crippen LogP contribution in [0.5, 0.6) is 11.5 Å². The van der Waals surface area contributed by atoms with E-state index >= 15 is 0 Å². The Balaban J connectivity index is 1.70. The molecule has 0 aliphatic carbocycles. The Labute approximate surface area is 131 Å². The molecule has 0 saturated heterocycles. The molecule has 0 saturated carbocycles. The molecule has 1 aliphatic rings. The number of nitrogens with zero attached hydrogens (tertiary/aromatic N) is 3. The van der Waals surface area contributed by atoms with Crippen molar-refractivity contribution >= 4 is 0 Å². The predicted octanol–water partition coefficient (Wildman–Crippen LogP) is 2.87. The Hall–Kier alpha value is -2.01. The van der Waals surface area contributed by atoms with E-state index in [1.807, 2.05) is 16.9 Å². The molecule has 5 heteroatoms. The van der Waals surface area contributed by atoms with Gasteiger partial charge in [0, 0.05) is 25.3 Å². The summed E-state index contributed by atoms with van der Waals surface area (Å²) in [5, 5.41) is 4.55. The normalized spacial score (nSPS) is 15.1. The first-order valence-corrected chi connectivity index (χ1v) is 7.79. The first-order valence-electron chi connectivity index (χ1n) is 7.79. The van der Waals surface area contributed by atoms with E-state index in [0.29, 0.717) is 13.2 Å². The molecular formula is C17H23N3O2. The maximum Gasteiger partial charge on any atom is 0.161 e. The number of fused-ring (bicyclic) bond motifs is 1. The molecular weight excluding hydrogens is 278 g/mol. The number of aryl methyl sites for hydroxylation is 1. The fraction of sp³-hybridized carbons (Fsp3) is 0.471. The molecule has 2 heterocycles. The van der Waals surface area contributed by atoms with Crippen LogP contribution in [0.3, 0.4) is 0 Å². The number of ether oxygens (including phenoxy) is 2. The summed E-state index contributed by atoms with van der Waals surface area (Å²) in [6.07, 6.45) is 2.03. The second-order valence-corrected chi connectivity index (χ2v) is 5.66. The quantitative estimate of drug-likeness (QED) is 0.851. The van der Waals surface area contributed by atoms with Gasteiger partial charge in [-0.05, 0) is 44.7 Å². The van der Waals surface area contributed by atoms with Gasteiger partial charge in [0.15, 0.2) is 11.5 Å². The van der Waals surface area contributed by atoms with Gasteiger partial charge in [-0.15, -0.1) is 0 Å². The second kappa shape index (κ2) is 6.40. The summed E-state index contributed by atoms with van der Waals surface area (Å²) in [6.45, 7) is 7.27. The lowest BCUT2D eigenvalue weighted by Gasteiger charge is -2.26. The van der Waals surface area contributed by atoms with Crippen LogP contribution in [0, 0.1) is 0 Å². The van der Waals surface area contributed by atoms with Crippen LogP contribution in [-0.4, -0.2) is 34.9 Å². The molecule has 1 atom stereocenters. The summed E-state index contributed by atoms with van der Waals surface area (Å²) >= 11 is 0. The van der Waals surface area contributed by atoms with E-state index in [4.69, 9.17) is 9.47 Å². The van der Waals surface area contributed by atoms with Crippen molar-refractivity contribution in [2.75, 3.05) is 20.3 Å². The van der Waals surface area contributed by atoms with E-state index in [2.05, 4.69) is 49.1 Å². The molecule has 5 nitrogen and oxygen atoms in total. The minimum Gasteiger partial charge on any atom is -0.486 e. The first-order chi connectivity index (χ1) is 10.7. The lowest BCUT2D eigenvalue weighted by molar-refractivity contribution is 0.170. The van der Waals surface area contributed by atoms with Gasteiger partial charge in [-0.1, -0.05) is 6.07 Å². The van der Waals surface area contributed by atoms with Crippen LogP contribution in [0.1, 0.15) is 31.1 Å². The van der Waals surface area contributed by atoms with Crippen molar-refractivity contribution in [1.29, 1.82) is 0 Å². The molecule has 0 bridgehead atoms. The summed E-state index contributed by atoms with van der Waals surface area (Å²) in [6, 6.07) is 8.55. The summed E-state index contributed by atoms with van der Waals surface area (Å²) in [7, 11) is 2.12. The highest BCUT2D eigenvalue weighted by Crippen LogP contribution is 2.33. The van der Waals surface area contributed by atoms with Gasteiger partial charge in [-0.25, -0.2) is 0 Å². The Bertz CT molecular complexity index is 639. The molecule has 0 radical (unpaired) electrons. The lowest BCUT2D eigenvalue weighted by Crippen LogP contribution is -2.23. The molecule has 1 aliphatic heterocycles. The summed E-state index contributed by atoms with van der Waals surface area (Å²) in [5.74, 6) is 1.69. The predicted molar refractivity (Wildman–Crippen MR) is 85.2 cm³/mol.